The van der Waals surface area contributed by atoms with Crippen molar-refractivity contribution in [1.29, 1.82) is 0 Å². The first-order chi connectivity index (χ1) is 21.1. The van der Waals surface area contributed by atoms with Crippen LogP contribution in [-0.4, -0.2) is 55.0 Å². The molecule has 0 fully saturated rings. The largest absolute Gasteiger partial charge is 0.508 e. The topological polar surface area (TPSA) is 227 Å². The molecule has 0 radical (unpaired) electrons. The van der Waals surface area contributed by atoms with E-state index >= 15 is 0 Å². The van der Waals surface area contributed by atoms with Gasteiger partial charge in [-0.25, -0.2) is 9.78 Å². The second kappa shape index (κ2) is 19.1. The second-order valence-corrected chi connectivity index (χ2v) is 10.4. The van der Waals surface area contributed by atoms with Crippen molar-refractivity contribution in [2.75, 3.05) is 10.6 Å². The zero-order valence-electron chi connectivity index (χ0n) is 27.4. The predicted molar refractivity (Wildman–Crippen MR) is 177 cm³/mol. The Morgan fingerprint density at radius 1 is 1.16 bits per heavy atom. The summed E-state index contributed by atoms with van der Waals surface area (Å²) in [6.07, 6.45) is 1.19. The lowest BCUT2D eigenvalue weighted by atomic mass is 10.1. The number of nitrogens with two attached hydrogens (primary N) is 2. The highest BCUT2D eigenvalue weighted by atomic mass is 16.6. The summed E-state index contributed by atoms with van der Waals surface area (Å²) in [5.74, 6) is 0.147. The summed E-state index contributed by atoms with van der Waals surface area (Å²) in [5.41, 5.74) is 11.2. The van der Waals surface area contributed by atoms with E-state index in [4.69, 9.17) is 20.5 Å². The van der Waals surface area contributed by atoms with Gasteiger partial charge in [0.25, 0.3) is 5.56 Å². The number of rotatable bonds is 6. The van der Waals surface area contributed by atoms with Crippen molar-refractivity contribution in [3.8, 4) is 22.8 Å². The Bertz CT molecular complexity index is 1480. The van der Waals surface area contributed by atoms with E-state index in [0.29, 0.717) is 29.1 Å². The minimum Gasteiger partial charge on any atom is -0.508 e. The number of primary amides is 1. The molecule has 2 amide bonds. The van der Waals surface area contributed by atoms with Gasteiger partial charge in [0.2, 0.25) is 6.41 Å². The van der Waals surface area contributed by atoms with Crippen LogP contribution in [0.15, 0.2) is 52.5 Å². The average molecular weight is 630 g/mol. The third-order valence-electron chi connectivity index (χ3n) is 5.19. The highest BCUT2D eigenvalue weighted by molar-refractivity contribution is 5.99. The van der Waals surface area contributed by atoms with Crippen molar-refractivity contribution in [1.82, 2.24) is 9.55 Å². The average Bonchev–Trinajstić information content (AvgIpc) is 2.94. The molecule has 0 aliphatic carbocycles. The molecule has 0 saturated heterocycles. The number of oxime groups is 1. The number of ether oxygens (including phenoxy) is 1. The SMILES string of the molecule is CC.CCn1c(-c2cc(O)cc(NC(=O)OC(C)(C)C)c2)cnc(NC(C)C)c1=O.Cc1ccc(/C(N)=N/O)c(O)c1.NC=O. The Labute approximate surface area is 263 Å². The van der Waals surface area contributed by atoms with Crippen LogP contribution in [0.2, 0.25) is 0 Å². The summed E-state index contributed by atoms with van der Waals surface area (Å²) in [7, 11) is 0. The summed E-state index contributed by atoms with van der Waals surface area (Å²) < 4.78 is 6.80. The number of nitrogens with zero attached hydrogens (tertiary/aromatic N) is 3. The van der Waals surface area contributed by atoms with Crippen molar-refractivity contribution in [2.45, 2.75) is 80.5 Å². The van der Waals surface area contributed by atoms with Crippen LogP contribution in [0.25, 0.3) is 11.3 Å². The number of benzene rings is 2. The Kier molecular flexibility index (Phi) is 16.9. The highest BCUT2D eigenvalue weighted by Gasteiger charge is 2.18. The van der Waals surface area contributed by atoms with Gasteiger partial charge in [0.05, 0.1) is 17.5 Å². The molecule has 14 heteroatoms. The van der Waals surface area contributed by atoms with E-state index in [0.717, 1.165) is 5.56 Å². The second-order valence-electron chi connectivity index (χ2n) is 10.4. The fourth-order valence-corrected chi connectivity index (χ4v) is 3.57. The molecule has 1 heterocycles. The van der Waals surface area contributed by atoms with Crippen LogP contribution in [0.1, 0.15) is 66.5 Å². The quantitative estimate of drug-likeness (QED) is 0.0652. The van der Waals surface area contributed by atoms with E-state index < -0.39 is 11.7 Å². The number of aromatic nitrogens is 2. The molecule has 2 aromatic carbocycles. The summed E-state index contributed by atoms with van der Waals surface area (Å²) in [6.45, 7) is 17.3. The summed E-state index contributed by atoms with van der Waals surface area (Å²) in [5, 5.41) is 36.2. The van der Waals surface area contributed by atoms with Gasteiger partial charge in [-0.1, -0.05) is 25.1 Å². The maximum atomic E-state index is 12.7. The van der Waals surface area contributed by atoms with Crippen LogP contribution in [0.3, 0.4) is 0 Å². The van der Waals surface area contributed by atoms with Gasteiger partial charge in [-0.15, -0.1) is 0 Å². The number of phenolic OH excluding ortho intramolecular Hbond substituents is 2. The fourth-order valence-electron chi connectivity index (χ4n) is 3.57. The Hall–Kier alpha value is -5.27. The molecular weight excluding hydrogens is 582 g/mol. The Morgan fingerprint density at radius 3 is 2.24 bits per heavy atom. The Balaban J connectivity index is 0.000000942. The molecule has 3 aromatic rings. The zero-order chi connectivity index (χ0) is 34.9. The number of carbonyl (C=O) groups is 2. The number of carbonyl (C=O) groups excluding carboxylic acids is 2. The number of hydrogen-bond acceptors (Lipinski definition) is 10. The zero-order valence-corrected chi connectivity index (χ0v) is 27.4. The minimum absolute atomic E-state index is 0.0188. The number of aromatic hydroxyl groups is 2. The standard InChI is InChI=1S/C20H28N4O4.C8H10N2O2.C2H6.CH3NO/c1-7-24-16(11-21-17(18(24)26)22-12(2)3)13-8-14(10-15(25)9-13)23-19(27)28-20(4,5)6;1-5-2-3-6(7(11)4-5)8(9)10-12;1-2;2-1-3/h8-12,25H,7H2,1-6H3,(H,21,22)(H,23,27);2-4,11-12H,1H3,(H2,9,10);1-2H3;1H,(H2,2,3). The molecule has 0 saturated carbocycles. The third kappa shape index (κ3) is 13.7. The molecule has 14 nitrogen and oxygen atoms in total. The van der Waals surface area contributed by atoms with E-state index in [2.05, 4.69) is 26.5 Å². The van der Waals surface area contributed by atoms with Gasteiger partial charge in [-0.3, -0.25) is 14.9 Å². The van der Waals surface area contributed by atoms with Crippen molar-refractivity contribution >= 4 is 29.8 Å². The molecule has 0 aliphatic rings. The maximum Gasteiger partial charge on any atom is 0.412 e. The smallest absolute Gasteiger partial charge is 0.412 e. The number of nitrogens with one attached hydrogen (secondary N) is 2. The highest BCUT2D eigenvalue weighted by Crippen LogP contribution is 2.28. The monoisotopic (exact) mass is 629 g/mol. The van der Waals surface area contributed by atoms with Crippen LogP contribution < -0.4 is 27.7 Å². The fraction of sp³-hybridized carbons (Fsp3) is 0.387. The number of hydrogen-bond donors (Lipinski definition) is 7. The molecule has 0 bridgehead atoms. The first-order valence-corrected chi connectivity index (χ1v) is 14.2. The van der Waals surface area contributed by atoms with Crippen molar-refractivity contribution in [3.63, 3.8) is 0 Å². The van der Waals surface area contributed by atoms with E-state index in [1.165, 1.54) is 12.1 Å². The number of aryl methyl sites for hydroxylation is 1. The molecule has 0 unspecified atom stereocenters. The van der Waals surface area contributed by atoms with E-state index in [1.54, 1.807) is 55.8 Å². The van der Waals surface area contributed by atoms with Gasteiger partial charge in [-0.2, -0.15) is 0 Å². The maximum absolute atomic E-state index is 12.7. The van der Waals surface area contributed by atoms with Gasteiger partial charge in [0.15, 0.2) is 11.7 Å². The third-order valence-corrected chi connectivity index (χ3v) is 5.19. The number of amidine groups is 1. The van der Waals surface area contributed by atoms with Crippen LogP contribution in [0.4, 0.5) is 16.3 Å². The molecule has 9 N–H and O–H groups in total. The molecule has 3 rings (SSSR count). The number of phenols is 2. The van der Waals surface area contributed by atoms with Crippen LogP contribution >= 0.6 is 0 Å². The molecule has 45 heavy (non-hydrogen) atoms. The lowest BCUT2D eigenvalue weighted by Crippen LogP contribution is -2.28. The van der Waals surface area contributed by atoms with Gasteiger partial charge >= 0.3 is 6.09 Å². The normalized spacial score (nSPS) is 10.6. The number of amides is 2. The lowest BCUT2D eigenvalue weighted by Gasteiger charge is -2.20. The van der Waals surface area contributed by atoms with Crippen LogP contribution in [0, 0.1) is 6.92 Å². The van der Waals surface area contributed by atoms with Gasteiger partial charge in [0, 0.05) is 29.9 Å². The molecule has 0 aliphatic heterocycles. The van der Waals surface area contributed by atoms with Crippen molar-refractivity contribution in [2.24, 2.45) is 16.6 Å². The van der Waals surface area contributed by atoms with E-state index in [-0.39, 0.29) is 41.2 Å². The van der Waals surface area contributed by atoms with Gasteiger partial charge in [0.1, 0.15) is 17.1 Å². The minimum atomic E-state index is -0.643. The molecule has 0 spiro atoms. The number of anilines is 2. The van der Waals surface area contributed by atoms with Crippen molar-refractivity contribution < 1.29 is 29.7 Å². The Morgan fingerprint density at radius 2 is 1.76 bits per heavy atom. The molecular formula is C31H47N7O7. The molecule has 248 valence electrons. The first-order valence-electron chi connectivity index (χ1n) is 14.2. The van der Waals surface area contributed by atoms with Crippen molar-refractivity contribution in [3.05, 3.63) is 64.1 Å². The summed E-state index contributed by atoms with van der Waals surface area (Å²) >= 11 is 0. The van der Waals surface area contributed by atoms with Gasteiger partial charge in [-0.05, 0) is 78.3 Å². The summed E-state index contributed by atoms with van der Waals surface area (Å²) in [6, 6.07) is 9.56. The molecule has 1 aromatic heterocycles. The predicted octanol–water partition coefficient (Wildman–Crippen LogP) is 4.73. The van der Waals surface area contributed by atoms with Crippen LogP contribution in [0.5, 0.6) is 11.5 Å². The van der Waals surface area contributed by atoms with E-state index in [1.807, 2.05) is 41.5 Å². The van der Waals surface area contributed by atoms with E-state index in [9.17, 15) is 19.8 Å². The van der Waals surface area contributed by atoms with Gasteiger partial charge < -0.3 is 41.5 Å². The van der Waals surface area contributed by atoms with Crippen LogP contribution in [-0.2, 0) is 16.1 Å². The lowest BCUT2D eigenvalue weighted by molar-refractivity contribution is -0.106. The summed E-state index contributed by atoms with van der Waals surface area (Å²) in [4.78, 5) is 37.6. The first kappa shape index (κ1) is 39.7. The molecule has 0 atom stereocenters.